The van der Waals surface area contributed by atoms with E-state index in [1.165, 1.54) is 17.2 Å². The van der Waals surface area contributed by atoms with Crippen molar-refractivity contribution in [2.24, 2.45) is 0 Å². The zero-order valence-corrected chi connectivity index (χ0v) is 10.9. The topological polar surface area (TPSA) is 12.0 Å². The number of hydrogen-bond acceptors (Lipinski definition) is 2. The highest BCUT2D eigenvalue weighted by Crippen LogP contribution is 2.28. The summed E-state index contributed by atoms with van der Waals surface area (Å²) in [6, 6.07) is 6.92. The molecule has 0 aliphatic heterocycles. The van der Waals surface area contributed by atoms with E-state index in [2.05, 4.69) is 23.0 Å². The first-order chi connectivity index (χ1) is 8.24. The molecule has 17 heavy (non-hydrogen) atoms. The fourth-order valence-electron chi connectivity index (χ4n) is 1.97. The molecule has 1 aromatic heterocycles. The molecule has 3 heteroatoms. The molecular formula is C14H16FNS. The second-order valence-electron chi connectivity index (χ2n) is 4.02. The predicted octanol–water partition coefficient (Wildman–Crippen LogP) is 3.89. The van der Waals surface area contributed by atoms with E-state index in [1.54, 1.807) is 17.4 Å². The molecule has 1 unspecified atom stereocenters. The van der Waals surface area contributed by atoms with E-state index in [4.69, 9.17) is 0 Å². The Morgan fingerprint density at radius 3 is 2.59 bits per heavy atom. The SMILES string of the molecule is CCNC(c1cscc1C)c1ccccc1F. The van der Waals surface area contributed by atoms with Crippen LogP contribution in [0.4, 0.5) is 4.39 Å². The number of thiophene rings is 1. The summed E-state index contributed by atoms with van der Waals surface area (Å²) in [7, 11) is 0. The van der Waals surface area contributed by atoms with Crippen LogP contribution in [0.3, 0.4) is 0 Å². The number of halogens is 1. The van der Waals surface area contributed by atoms with Crippen molar-refractivity contribution in [1.29, 1.82) is 0 Å². The van der Waals surface area contributed by atoms with Crippen LogP contribution in [0.2, 0.25) is 0 Å². The first-order valence-corrected chi connectivity index (χ1v) is 6.68. The molecule has 1 N–H and O–H groups in total. The summed E-state index contributed by atoms with van der Waals surface area (Å²) in [6.07, 6.45) is 0. The van der Waals surface area contributed by atoms with E-state index in [0.717, 1.165) is 12.1 Å². The number of benzene rings is 1. The molecule has 0 aliphatic carbocycles. The summed E-state index contributed by atoms with van der Waals surface area (Å²) < 4.78 is 13.9. The molecule has 0 saturated heterocycles. The summed E-state index contributed by atoms with van der Waals surface area (Å²) in [6.45, 7) is 4.92. The van der Waals surface area contributed by atoms with Crippen molar-refractivity contribution in [2.75, 3.05) is 6.54 Å². The molecule has 1 aromatic carbocycles. The average molecular weight is 249 g/mol. The molecule has 0 radical (unpaired) electrons. The highest BCUT2D eigenvalue weighted by molar-refractivity contribution is 7.08. The lowest BCUT2D eigenvalue weighted by atomic mass is 9.98. The zero-order valence-electron chi connectivity index (χ0n) is 10.0. The van der Waals surface area contributed by atoms with Crippen molar-refractivity contribution in [3.05, 3.63) is 57.5 Å². The van der Waals surface area contributed by atoms with Gasteiger partial charge in [-0.3, -0.25) is 0 Å². The molecule has 0 bridgehead atoms. The fraction of sp³-hybridized carbons (Fsp3) is 0.286. The van der Waals surface area contributed by atoms with Gasteiger partial charge in [0, 0.05) is 5.56 Å². The summed E-state index contributed by atoms with van der Waals surface area (Å²) in [5.41, 5.74) is 3.10. The highest BCUT2D eigenvalue weighted by Gasteiger charge is 2.18. The second kappa shape index (κ2) is 5.43. The number of nitrogens with one attached hydrogen (secondary N) is 1. The molecule has 90 valence electrons. The Labute approximate surface area is 105 Å². The molecule has 0 amide bonds. The van der Waals surface area contributed by atoms with Gasteiger partial charge in [0.2, 0.25) is 0 Å². The molecule has 1 atom stereocenters. The van der Waals surface area contributed by atoms with E-state index >= 15 is 0 Å². The maximum atomic E-state index is 13.9. The minimum atomic E-state index is -0.149. The summed E-state index contributed by atoms with van der Waals surface area (Å²) in [5, 5.41) is 7.54. The quantitative estimate of drug-likeness (QED) is 0.866. The number of rotatable bonds is 4. The molecule has 1 heterocycles. The van der Waals surface area contributed by atoms with Gasteiger partial charge in [0.1, 0.15) is 5.82 Å². The molecule has 0 fully saturated rings. The van der Waals surface area contributed by atoms with Crippen LogP contribution in [-0.4, -0.2) is 6.54 Å². The van der Waals surface area contributed by atoms with Crippen LogP contribution in [-0.2, 0) is 0 Å². The van der Waals surface area contributed by atoms with E-state index in [-0.39, 0.29) is 11.9 Å². The molecule has 1 nitrogen and oxygen atoms in total. The van der Waals surface area contributed by atoms with Crippen LogP contribution >= 0.6 is 11.3 Å². The lowest BCUT2D eigenvalue weighted by molar-refractivity contribution is 0.558. The predicted molar refractivity (Wildman–Crippen MR) is 71.0 cm³/mol. The largest absolute Gasteiger partial charge is 0.306 e. The molecule has 2 rings (SSSR count). The third-order valence-electron chi connectivity index (χ3n) is 2.83. The van der Waals surface area contributed by atoms with Gasteiger partial charge in [0.15, 0.2) is 0 Å². The third-order valence-corrected chi connectivity index (χ3v) is 3.71. The Hall–Kier alpha value is -1.19. The van der Waals surface area contributed by atoms with Gasteiger partial charge < -0.3 is 5.32 Å². The maximum Gasteiger partial charge on any atom is 0.128 e. The van der Waals surface area contributed by atoms with Gasteiger partial charge in [-0.15, -0.1) is 0 Å². The molecule has 2 aromatic rings. The van der Waals surface area contributed by atoms with Crippen molar-refractivity contribution in [3.63, 3.8) is 0 Å². The monoisotopic (exact) mass is 249 g/mol. The molecular weight excluding hydrogens is 233 g/mol. The zero-order chi connectivity index (χ0) is 12.3. The van der Waals surface area contributed by atoms with Crippen LogP contribution < -0.4 is 5.32 Å². The average Bonchev–Trinajstić information content (AvgIpc) is 2.74. The second-order valence-corrected chi connectivity index (χ2v) is 4.77. The molecule has 0 spiro atoms. The standard InChI is InChI=1S/C14H16FNS/c1-3-16-14(12-9-17-8-10(12)2)11-6-4-5-7-13(11)15/h4-9,14,16H,3H2,1-2H3. The van der Waals surface area contributed by atoms with Crippen LogP contribution in [0.1, 0.15) is 29.7 Å². The van der Waals surface area contributed by atoms with Gasteiger partial charge in [-0.25, -0.2) is 4.39 Å². The summed E-state index contributed by atoms with van der Waals surface area (Å²) >= 11 is 1.66. The van der Waals surface area contributed by atoms with E-state index < -0.39 is 0 Å². The Kier molecular flexibility index (Phi) is 3.92. The van der Waals surface area contributed by atoms with Gasteiger partial charge in [-0.05, 0) is 41.4 Å². The van der Waals surface area contributed by atoms with Gasteiger partial charge in [-0.2, -0.15) is 11.3 Å². The van der Waals surface area contributed by atoms with Crippen molar-refractivity contribution in [2.45, 2.75) is 19.9 Å². The fourth-order valence-corrected chi connectivity index (χ4v) is 2.84. The van der Waals surface area contributed by atoms with Crippen molar-refractivity contribution >= 4 is 11.3 Å². The van der Waals surface area contributed by atoms with Gasteiger partial charge in [0.05, 0.1) is 6.04 Å². The van der Waals surface area contributed by atoms with E-state index in [9.17, 15) is 4.39 Å². The van der Waals surface area contributed by atoms with Crippen LogP contribution in [0, 0.1) is 12.7 Å². The van der Waals surface area contributed by atoms with Crippen molar-refractivity contribution < 1.29 is 4.39 Å². The number of hydrogen-bond donors (Lipinski definition) is 1. The smallest absolute Gasteiger partial charge is 0.128 e. The van der Waals surface area contributed by atoms with Crippen LogP contribution in [0.25, 0.3) is 0 Å². The summed E-state index contributed by atoms with van der Waals surface area (Å²) in [5.74, 6) is -0.149. The Bertz CT molecular complexity index is 492. The lowest BCUT2D eigenvalue weighted by Gasteiger charge is -2.19. The molecule has 0 saturated carbocycles. The first kappa shape index (κ1) is 12.3. The minimum Gasteiger partial charge on any atom is -0.306 e. The van der Waals surface area contributed by atoms with Gasteiger partial charge in [0.25, 0.3) is 0 Å². The Balaban J connectivity index is 2.43. The molecule has 0 aliphatic rings. The number of aryl methyl sites for hydroxylation is 1. The lowest BCUT2D eigenvalue weighted by Crippen LogP contribution is -2.23. The Morgan fingerprint density at radius 2 is 2.00 bits per heavy atom. The highest BCUT2D eigenvalue weighted by atomic mass is 32.1. The van der Waals surface area contributed by atoms with E-state index in [0.29, 0.717) is 0 Å². The Morgan fingerprint density at radius 1 is 1.24 bits per heavy atom. The van der Waals surface area contributed by atoms with Gasteiger partial charge >= 0.3 is 0 Å². The van der Waals surface area contributed by atoms with Crippen LogP contribution in [0.5, 0.6) is 0 Å². The van der Waals surface area contributed by atoms with Crippen molar-refractivity contribution in [1.82, 2.24) is 5.32 Å². The van der Waals surface area contributed by atoms with E-state index in [1.807, 2.05) is 19.1 Å². The summed E-state index contributed by atoms with van der Waals surface area (Å²) in [4.78, 5) is 0. The minimum absolute atomic E-state index is 0.0487. The maximum absolute atomic E-state index is 13.9. The third kappa shape index (κ3) is 2.56. The first-order valence-electron chi connectivity index (χ1n) is 5.74. The van der Waals surface area contributed by atoms with Crippen molar-refractivity contribution in [3.8, 4) is 0 Å². The normalized spacial score (nSPS) is 12.6. The van der Waals surface area contributed by atoms with Gasteiger partial charge in [-0.1, -0.05) is 25.1 Å². The van der Waals surface area contributed by atoms with Crippen LogP contribution in [0.15, 0.2) is 35.0 Å².